The van der Waals surface area contributed by atoms with E-state index in [-0.39, 0.29) is 56.9 Å². The molecule has 1 amide bonds. The number of hydrogen-bond acceptors (Lipinski definition) is 4. The zero-order chi connectivity index (χ0) is 32.1. The first-order valence-electron chi connectivity index (χ1n) is 17.2. The Kier molecular flexibility index (Phi) is 7.19. The van der Waals surface area contributed by atoms with E-state index in [2.05, 4.69) is 66.8 Å². The van der Waals surface area contributed by atoms with Crippen LogP contribution in [-0.2, 0) is 19.1 Å². The van der Waals surface area contributed by atoms with Gasteiger partial charge in [-0.25, -0.2) is 0 Å². The summed E-state index contributed by atoms with van der Waals surface area (Å²) in [5.74, 6) is 0.664. The molecule has 1 aromatic rings. The minimum Gasteiger partial charge on any atom is -0.462 e. The van der Waals surface area contributed by atoms with Gasteiger partial charge in [0.05, 0.1) is 0 Å². The molecule has 6 rings (SSSR count). The molecule has 0 aliphatic heterocycles. The molecule has 4 fully saturated rings. The van der Waals surface area contributed by atoms with E-state index in [0.717, 1.165) is 63.5 Å². The number of ether oxygens (including phenoxy) is 1. The van der Waals surface area contributed by atoms with Gasteiger partial charge < -0.3 is 10.1 Å². The highest BCUT2D eigenvalue weighted by Crippen LogP contribution is 2.75. The van der Waals surface area contributed by atoms with Crippen LogP contribution in [-0.4, -0.2) is 23.8 Å². The molecule has 0 bridgehead atoms. The molecule has 0 aromatic heterocycles. The molecular formula is C39H55NO4. The van der Waals surface area contributed by atoms with Crippen molar-refractivity contribution in [1.29, 1.82) is 0 Å². The Morgan fingerprint density at radius 1 is 0.864 bits per heavy atom. The molecule has 0 spiro atoms. The summed E-state index contributed by atoms with van der Waals surface area (Å²) in [6.07, 6.45) is 10.6. The van der Waals surface area contributed by atoms with Gasteiger partial charge in [0.1, 0.15) is 6.10 Å². The van der Waals surface area contributed by atoms with E-state index in [1.54, 1.807) is 0 Å². The predicted molar refractivity (Wildman–Crippen MR) is 175 cm³/mol. The van der Waals surface area contributed by atoms with E-state index >= 15 is 0 Å². The summed E-state index contributed by atoms with van der Waals surface area (Å²) in [5, 5.41) is 3.23. The van der Waals surface area contributed by atoms with Crippen LogP contribution in [0, 0.1) is 57.2 Å². The molecule has 5 aliphatic rings. The number of nitrogens with one attached hydrogen (secondary N) is 1. The molecule has 0 heterocycles. The Morgan fingerprint density at radius 2 is 1.52 bits per heavy atom. The number of rotatable bonds is 3. The monoisotopic (exact) mass is 601 g/mol. The molecule has 0 unspecified atom stereocenters. The zero-order valence-electron chi connectivity index (χ0n) is 28.7. The average Bonchev–Trinajstić information content (AvgIpc) is 2.93. The molecule has 9 atom stereocenters. The first-order chi connectivity index (χ1) is 20.4. The summed E-state index contributed by atoms with van der Waals surface area (Å²) in [7, 11) is 0. The number of fused-ring (bicyclic) bond motifs is 7. The summed E-state index contributed by atoms with van der Waals surface area (Å²) >= 11 is 0. The molecule has 5 aliphatic carbocycles. The lowest BCUT2D eigenvalue weighted by atomic mass is 9.33. The van der Waals surface area contributed by atoms with E-state index in [0.29, 0.717) is 11.7 Å². The lowest BCUT2D eigenvalue weighted by Gasteiger charge is -2.70. The Hall–Kier alpha value is -2.43. The van der Waals surface area contributed by atoms with Gasteiger partial charge in [-0.15, -0.1) is 0 Å². The number of anilines is 1. The van der Waals surface area contributed by atoms with E-state index in [1.165, 1.54) is 18.1 Å². The minimum atomic E-state index is -0.488. The lowest BCUT2D eigenvalue weighted by Crippen LogP contribution is -2.66. The minimum absolute atomic E-state index is 0.0516. The molecule has 44 heavy (non-hydrogen) atoms. The van der Waals surface area contributed by atoms with Crippen molar-refractivity contribution in [2.45, 2.75) is 126 Å². The van der Waals surface area contributed by atoms with Crippen molar-refractivity contribution in [2.75, 3.05) is 5.32 Å². The number of benzene rings is 1. The van der Waals surface area contributed by atoms with Gasteiger partial charge in [-0.05, 0) is 116 Å². The van der Waals surface area contributed by atoms with E-state index in [4.69, 9.17) is 4.74 Å². The van der Waals surface area contributed by atoms with Gasteiger partial charge in [-0.2, -0.15) is 0 Å². The SMILES string of the molecule is CC(=O)O[C@@H]1CC[C@]2(C)[C@H](CC[C@]3(C)[C@@H]2C(=O)C=C2[C@@H]4C[C@](C)(C(=O)Nc5ccc(C)cc5)CC[C@]4(C)CC[C@@]23C)C1(C)C. The number of hydrogen-bond donors (Lipinski definition) is 1. The van der Waals surface area contributed by atoms with Crippen LogP contribution in [0.15, 0.2) is 35.9 Å². The number of carbonyl (C=O) groups is 3. The van der Waals surface area contributed by atoms with Crippen LogP contribution in [0.4, 0.5) is 5.69 Å². The first kappa shape index (κ1) is 31.5. The number of esters is 1. The maximum Gasteiger partial charge on any atom is 0.302 e. The zero-order valence-corrected chi connectivity index (χ0v) is 28.7. The van der Waals surface area contributed by atoms with E-state index in [9.17, 15) is 14.4 Å². The maximum absolute atomic E-state index is 14.7. The number of aryl methyl sites for hydroxylation is 1. The fraction of sp³-hybridized carbons (Fsp3) is 0.718. The van der Waals surface area contributed by atoms with Crippen molar-refractivity contribution in [3.8, 4) is 0 Å². The van der Waals surface area contributed by atoms with Gasteiger partial charge in [0.25, 0.3) is 0 Å². The summed E-state index contributed by atoms with van der Waals surface area (Å²) in [5.41, 5.74) is 2.39. The smallest absolute Gasteiger partial charge is 0.302 e. The van der Waals surface area contributed by atoms with Crippen LogP contribution in [0.2, 0.25) is 0 Å². The summed E-state index contributed by atoms with van der Waals surface area (Å²) in [6.45, 7) is 19.9. The van der Waals surface area contributed by atoms with Crippen molar-refractivity contribution in [1.82, 2.24) is 0 Å². The van der Waals surface area contributed by atoms with E-state index in [1.807, 2.05) is 24.3 Å². The summed E-state index contributed by atoms with van der Waals surface area (Å²) in [4.78, 5) is 40.5. The highest BCUT2D eigenvalue weighted by Gasteiger charge is 2.70. The Balaban J connectivity index is 1.34. The van der Waals surface area contributed by atoms with Crippen molar-refractivity contribution in [2.24, 2.45) is 50.2 Å². The van der Waals surface area contributed by atoms with Gasteiger partial charge in [-0.1, -0.05) is 71.7 Å². The largest absolute Gasteiger partial charge is 0.462 e. The molecule has 0 saturated heterocycles. The van der Waals surface area contributed by atoms with Crippen molar-refractivity contribution in [3.05, 3.63) is 41.5 Å². The molecule has 1 aromatic carbocycles. The van der Waals surface area contributed by atoms with Crippen LogP contribution in [0.25, 0.3) is 0 Å². The lowest BCUT2D eigenvalue weighted by molar-refractivity contribution is -0.210. The molecule has 5 nitrogen and oxygen atoms in total. The van der Waals surface area contributed by atoms with Crippen molar-refractivity contribution >= 4 is 23.3 Å². The Morgan fingerprint density at radius 3 is 2.18 bits per heavy atom. The highest BCUT2D eigenvalue weighted by atomic mass is 16.5. The highest BCUT2D eigenvalue weighted by molar-refractivity contribution is 5.96. The fourth-order valence-electron chi connectivity index (χ4n) is 11.7. The quantitative estimate of drug-likeness (QED) is 0.351. The third kappa shape index (κ3) is 4.41. The second kappa shape index (κ2) is 10.0. The number of ketones is 1. The van der Waals surface area contributed by atoms with Crippen LogP contribution in [0.3, 0.4) is 0 Å². The average molecular weight is 602 g/mol. The molecule has 5 heteroatoms. The third-order valence-electron chi connectivity index (χ3n) is 14.7. The molecule has 240 valence electrons. The topological polar surface area (TPSA) is 72.5 Å². The van der Waals surface area contributed by atoms with Crippen molar-refractivity contribution in [3.63, 3.8) is 0 Å². The van der Waals surface area contributed by atoms with Crippen molar-refractivity contribution < 1.29 is 19.1 Å². The predicted octanol–water partition coefficient (Wildman–Crippen LogP) is 8.85. The fourth-order valence-corrected chi connectivity index (χ4v) is 11.7. The molecule has 0 radical (unpaired) electrons. The third-order valence-corrected chi connectivity index (χ3v) is 14.7. The molecule has 1 N–H and O–H groups in total. The van der Waals surface area contributed by atoms with E-state index < -0.39 is 5.41 Å². The van der Waals surface area contributed by atoms with Crippen LogP contribution in [0.5, 0.6) is 0 Å². The van der Waals surface area contributed by atoms with Crippen LogP contribution < -0.4 is 5.32 Å². The summed E-state index contributed by atoms with van der Waals surface area (Å²) in [6, 6.07) is 8.05. The van der Waals surface area contributed by atoms with Gasteiger partial charge in [0.15, 0.2) is 5.78 Å². The van der Waals surface area contributed by atoms with Gasteiger partial charge in [0, 0.05) is 29.4 Å². The second-order valence-corrected chi connectivity index (χ2v) is 17.5. The molecule has 4 saturated carbocycles. The second-order valence-electron chi connectivity index (χ2n) is 17.5. The van der Waals surface area contributed by atoms with Gasteiger partial charge in [0.2, 0.25) is 5.91 Å². The Labute approximate surface area is 265 Å². The first-order valence-corrected chi connectivity index (χ1v) is 17.2. The normalized spacial score (nSPS) is 44.2. The summed E-state index contributed by atoms with van der Waals surface area (Å²) < 4.78 is 5.88. The number of carbonyl (C=O) groups excluding carboxylic acids is 3. The number of amides is 1. The standard InChI is InChI=1S/C39H55NO4/c1-24-10-12-26(13-11-24)40-33(43)36(6)19-18-35(5)20-21-38(8)27(28(35)23-36)22-29(42)32-37(7)16-15-31(44-25(2)41)34(3,4)30(37)14-17-39(32,38)9/h10-13,22,28,30-32H,14-21,23H2,1-9H3,(H,40,43)/t28-,30+,31+,32+,35+,36+,37+,38-,39+/m0/s1. The maximum atomic E-state index is 14.7. The number of allylic oxidation sites excluding steroid dienone is 2. The Bertz CT molecular complexity index is 1410. The van der Waals surface area contributed by atoms with Gasteiger partial charge in [-0.3, -0.25) is 14.4 Å². The molecular weight excluding hydrogens is 546 g/mol. The van der Waals surface area contributed by atoms with Crippen LogP contribution >= 0.6 is 0 Å². The van der Waals surface area contributed by atoms with Crippen LogP contribution in [0.1, 0.15) is 119 Å². The van der Waals surface area contributed by atoms with Gasteiger partial charge >= 0.3 is 5.97 Å².